The number of aromatic nitrogens is 4. The fraction of sp³-hybridized carbons (Fsp3) is 0.143. The van der Waals surface area contributed by atoms with Crippen molar-refractivity contribution >= 4 is 21.6 Å². The van der Waals surface area contributed by atoms with E-state index < -0.39 is 0 Å². The maximum Gasteiger partial charge on any atom is 0.280 e. The Bertz CT molecular complexity index is 494. The maximum atomic E-state index is 11.1. The standard InChI is InChI=1S/C7H6BrN5O2/c8-6-4(1-11-12-7(6)14)9-2-5-10-3-15-13-5/h1,3H,2H2,(H2,9,12,14). The molecular formula is C7H6BrN5O2. The van der Waals surface area contributed by atoms with Gasteiger partial charge in [-0.25, -0.2) is 5.10 Å². The third-order valence-corrected chi connectivity index (χ3v) is 2.43. The van der Waals surface area contributed by atoms with E-state index in [1.165, 1.54) is 12.6 Å². The van der Waals surface area contributed by atoms with Crippen molar-refractivity contribution in [1.29, 1.82) is 0 Å². The zero-order chi connectivity index (χ0) is 10.7. The highest BCUT2D eigenvalue weighted by atomic mass is 79.9. The Hall–Kier alpha value is -1.70. The summed E-state index contributed by atoms with van der Waals surface area (Å²) in [6.45, 7) is 0.361. The minimum absolute atomic E-state index is 0.298. The normalized spacial score (nSPS) is 10.2. The average Bonchev–Trinajstić information content (AvgIpc) is 2.73. The number of nitrogens with one attached hydrogen (secondary N) is 2. The average molecular weight is 272 g/mol. The molecule has 0 aromatic carbocycles. The molecule has 0 radical (unpaired) electrons. The van der Waals surface area contributed by atoms with Crippen molar-refractivity contribution in [2.45, 2.75) is 6.54 Å². The van der Waals surface area contributed by atoms with Crippen molar-refractivity contribution in [3.8, 4) is 0 Å². The lowest BCUT2D eigenvalue weighted by Crippen LogP contribution is -2.12. The number of hydrogen-bond acceptors (Lipinski definition) is 6. The first-order chi connectivity index (χ1) is 7.27. The first kappa shape index (κ1) is 9.84. The summed E-state index contributed by atoms with van der Waals surface area (Å²) in [4.78, 5) is 15.0. The lowest BCUT2D eigenvalue weighted by atomic mass is 10.4. The Morgan fingerprint density at radius 1 is 1.60 bits per heavy atom. The van der Waals surface area contributed by atoms with Crippen LogP contribution in [0, 0.1) is 0 Å². The van der Waals surface area contributed by atoms with Gasteiger partial charge < -0.3 is 9.84 Å². The van der Waals surface area contributed by atoms with E-state index in [0.29, 0.717) is 22.5 Å². The number of halogens is 1. The lowest BCUT2D eigenvalue weighted by Gasteiger charge is -2.03. The third-order valence-electron chi connectivity index (χ3n) is 1.64. The molecule has 2 rings (SSSR count). The zero-order valence-electron chi connectivity index (χ0n) is 7.40. The topological polar surface area (TPSA) is 96.7 Å². The van der Waals surface area contributed by atoms with E-state index in [1.54, 1.807) is 0 Å². The van der Waals surface area contributed by atoms with Crippen LogP contribution in [0.4, 0.5) is 5.69 Å². The van der Waals surface area contributed by atoms with E-state index in [1.807, 2.05) is 0 Å². The molecule has 0 bridgehead atoms. The largest absolute Gasteiger partial charge is 0.375 e. The Labute approximate surface area is 92.0 Å². The molecule has 0 aliphatic rings. The molecule has 78 valence electrons. The van der Waals surface area contributed by atoms with Crippen LogP contribution in [0.25, 0.3) is 0 Å². The van der Waals surface area contributed by atoms with Crippen LogP contribution < -0.4 is 10.9 Å². The molecule has 0 aliphatic carbocycles. The van der Waals surface area contributed by atoms with Crippen LogP contribution in [0.15, 0.2) is 26.4 Å². The van der Waals surface area contributed by atoms with Gasteiger partial charge in [-0.1, -0.05) is 5.16 Å². The summed E-state index contributed by atoms with van der Waals surface area (Å²) in [6, 6.07) is 0. The van der Waals surface area contributed by atoms with E-state index >= 15 is 0 Å². The molecule has 7 nitrogen and oxygen atoms in total. The van der Waals surface area contributed by atoms with Gasteiger partial charge in [0.05, 0.1) is 18.4 Å². The van der Waals surface area contributed by atoms with Crippen LogP contribution >= 0.6 is 15.9 Å². The van der Waals surface area contributed by atoms with Gasteiger partial charge in [-0.05, 0) is 15.9 Å². The third kappa shape index (κ3) is 2.21. The second-order valence-electron chi connectivity index (χ2n) is 2.63. The molecule has 0 saturated carbocycles. The second kappa shape index (κ2) is 4.22. The first-order valence-corrected chi connectivity index (χ1v) is 4.79. The Morgan fingerprint density at radius 3 is 3.20 bits per heavy atom. The molecule has 15 heavy (non-hydrogen) atoms. The monoisotopic (exact) mass is 271 g/mol. The molecule has 0 saturated heterocycles. The van der Waals surface area contributed by atoms with Crippen LogP contribution in [0.5, 0.6) is 0 Å². The minimum atomic E-state index is -0.298. The smallest absolute Gasteiger partial charge is 0.280 e. The molecule has 2 aromatic heterocycles. The summed E-state index contributed by atoms with van der Waals surface area (Å²) in [5.41, 5.74) is 0.275. The van der Waals surface area contributed by atoms with E-state index in [4.69, 9.17) is 0 Å². The molecule has 0 unspecified atom stereocenters. The number of nitrogens with zero attached hydrogens (tertiary/aromatic N) is 3. The second-order valence-corrected chi connectivity index (χ2v) is 3.42. The fourth-order valence-electron chi connectivity index (χ4n) is 0.951. The van der Waals surface area contributed by atoms with Gasteiger partial charge in [-0.2, -0.15) is 10.1 Å². The SMILES string of the molecule is O=c1[nH]ncc(NCc2ncon2)c1Br. The molecule has 0 amide bonds. The summed E-state index contributed by atoms with van der Waals surface area (Å²) in [7, 11) is 0. The molecule has 0 aliphatic heterocycles. The van der Waals surface area contributed by atoms with Crippen molar-refractivity contribution < 1.29 is 4.52 Å². The Kier molecular flexibility index (Phi) is 2.77. The van der Waals surface area contributed by atoms with Crippen molar-refractivity contribution in [3.63, 3.8) is 0 Å². The van der Waals surface area contributed by atoms with Crippen LogP contribution in [-0.2, 0) is 6.54 Å². The quantitative estimate of drug-likeness (QED) is 0.845. The molecule has 0 fully saturated rings. The van der Waals surface area contributed by atoms with E-state index in [-0.39, 0.29) is 5.56 Å². The Morgan fingerprint density at radius 2 is 2.47 bits per heavy atom. The van der Waals surface area contributed by atoms with Gasteiger partial charge in [0, 0.05) is 0 Å². The number of H-pyrrole nitrogens is 1. The summed E-state index contributed by atoms with van der Waals surface area (Å²) >= 11 is 3.13. The highest BCUT2D eigenvalue weighted by Gasteiger charge is 2.05. The van der Waals surface area contributed by atoms with Gasteiger partial charge in [0.15, 0.2) is 5.82 Å². The fourth-order valence-corrected chi connectivity index (χ4v) is 1.28. The predicted octanol–water partition coefficient (Wildman–Crippen LogP) is 0.527. The van der Waals surface area contributed by atoms with E-state index in [0.717, 1.165) is 0 Å². The summed E-state index contributed by atoms with van der Waals surface area (Å²) in [5, 5.41) is 12.5. The molecule has 8 heteroatoms. The van der Waals surface area contributed by atoms with Gasteiger partial charge >= 0.3 is 0 Å². The van der Waals surface area contributed by atoms with E-state index in [9.17, 15) is 4.79 Å². The highest BCUT2D eigenvalue weighted by Crippen LogP contribution is 2.15. The molecule has 2 heterocycles. The molecule has 0 atom stereocenters. The molecular weight excluding hydrogens is 266 g/mol. The minimum Gasteiger partial charge on any atom is -0.375 e. The van der Waals surface area contributed by atoms with Crippen LogP contribution in [0.2, 0.25) is 0 Å². The van der Waals surface area contributed by atoms with Gasteiger partial charge in [-0.15, -0.1) is 0 Å². The number of rotatable bonds is 3. The molecule has 2 aromatic rings. The number of aromatic amines is 1. The van der Waals surface area contributed by atoms with Crippen LogP contribution in [0.3, 0.4) is 0 Å². The first-order valence-electron chi connectivity index (χ1n) is 3.99. The van der Waals surface area contributed by atoms with Crippen LogP contribution in [-0.4, -0.2) is 20.3 Å². The summed E-state index contributed by atoms with van der Waals surface area (Å²) in [6.07, 6.45) is 2.73. The van der Waals surface area contributed by atoms with Crippen LogP contribution in [0.1, 0.15) is 5.82 Å². The van der Waals surface area contributed by atoms with Crippen molar-refractivity contribution in [1.82, 2.24) is 20.3 Å². The lowest BCUT2D eigenvalue weighted by molar-refractivity contribution is 0.411. The summed E-state index contributed by atoms with van der Waals surface area (Å²) < 4.78 is 4.95. The van der Waals surface area contributed by atoms with Gasteiger partial charge in [0.2, 0.25) is 6.39 Å². The zero-order valence-corrected chi connectivity index (χ0v) is 8.98. The van der Waals surface area contributed by atoms with Crippen molar-refractivity contribution in [2.24, 2.45) is 0 Å². The number of anilines is 1. The Balaban J connectivity index is 2.12. The number of hydrogen-bond donors (Lipinski definition) is 2. The highest BCUT2D eigenvalue weighted by molar-refractivity contribution is 9.10. The van der Waals surface area contributed by atoms with Crippen molar-refractivity contribution in [3.05, 3.63) is 33.2 Å². The summed E-state index contributed by atoms with van der Waals surface area (Å²) in [5.74, 6) is 0.502. The van der Waals surface area contributed by atoms with E-state index in [2.05, 4.69) is 46.1 Å². The maximum absolute atomic E-state index is 11.1. The molecule has 0 spiro atoms. The van der Waals surface area contributed by atoms with Gasteiger partial charge in [0.25, 0.3) is 5.56 Å². The van der Waals surface area contributed by atoms with Crippen molar-refractivity contribution in [2.75, 3.05) is 5.32 Å². The molecule has 2 N–H and O–H groups in total. The van der Waals surface area contributed by atoms with Gasteiger partial charge in [0.1, 0.15) is 4.47 Å². The predicted molar refractivity (Wildman–Crippen MR) is 54.2 cm³/mol. The van der Waals surface area contributed by atoms with Gasteiger partial charge in [-0.3, -0.25) is 4.79 Å².